The van der Waals surface area contributed by atoms with Crippen molar-refractivity contribution in [3.8, 4) is 5.75 Å². The zero-order valence-corrected chi connectivity index (χ0v) is 19.3. The molecule has 1 aliphatic heterocycles. The second kappa shape index (κ2) is 9.41. The number of nitrogens with two attached hydrogens (primary N) is 1. The second-order valence-corrected chi connectivity index (χ2v) is 9.48. The fourth-order valence-electron chi connectivity index (χ4n) is 4.04. The molecule has 30 heavy (non-hydrogen) atoms. The van der Waals surface area contributed by atoms with Crippen molar-refractivity contribution < 1.29 is 17.5 Å². The van der Waals surface area contributed by atoms with E-state index in [2.05, 4.69) is 10.2 Å². The maximum atomic E-state index is 14.2. The molecule has 1 saturated heterocycles. The van der Waals surface area contributed by atoms with Crippen LogP contribution in [0.4, 0.5) is 15.8 Å². The smallest absolute Gasteiger partial charge is 0.177 e. The Morgan fingerprint density at radius 3 is 2.37 bits per heavy atom. The molecule has 2 aromatic rings. The monoisotopic (exact) mass is 457 g/mol. The van der Waals surface area contributed by atoms with E-state index in [0.29, 0.717) is 22.4 Å². The first-order chi connectivity index (χ1) is 13.6. The van der Waals surface area contributed by atoms with E-state index in [1.54, 1.807) is 13.0 Å². The lowest BCUT2D eigenvalue weighted by Gasteiger charge is -2.31. The summed E-state index contributed by atoms with van der Waals surface area (Å²) in [7, 11) is -2.07. The van der Waals surface area contributed by atoms with Crippen molar-refractivity contribution in [2.24, 2.45) is 0 Å². The summed E-state index contributed by atoms with van der Waals surface area (Å²) in [5, 5.41) is 3.30. The Bertz CT molecular complexity index is 1020. The zero-order valence-electron chi connectivity index (χ0n) is 17.7. The number of anilines is 2. The number of rotatable bonds is 5. The highest BCUT2D eigenvalue weighted by atomic mass is 35.5. The Hall–Kier alpha value is -2.03. The van der Waals surface area contributed by atoms with Crippen LogP contribution in [0.15, 0.2) is 29.2 Å². The molecule has 0 amide bonds. The van der Waals surface area contributed by atoms with Gasteiger partial charge in [0, 0.05) is 49.6 Å². The summed E-state index contributed by atoms with van der Waals surface area (Å²) in [6.45, 7) is 6.90. The fraction of sp³-hybridized carbons (Fsp3) is 0.429. The third kappa shape index (κ3) is 4.82. The molecule has 0 aliphatic carbocycles. The molecule has 0 bridgehead atoms. The molecular weight excluding hydrogens is 429 g/mol. The van der Waals surface area contributed by atoms with E-state index in [9.17, 15) is 12.8 Å². The van der Waals surface area contributed by atoms with Crippen LogP contribution < -0.4 is 20.7 Å². The normalized spacial score (nSPS) is 15.4. The van der Waals surface area contributed by atoms with Crippen LogP contribution in [0.2, 0.25) is 0 Å². The quantitative estimate of drug-likeness (QED) is 0.671. The Balaban J connectivity index is 0.00000320. The van der Waals surface area contributed by atoms with Gasteiger partial charge in [-0.1, -0.05) is 6.92 Å². The molecule has 0 spiro atoms. The Morgan fingerprint density at radius 1 is 1.17 bits per heavy atom. The topological polar surface area (TPSA) is 84.7 Å². The lowest BCUT2D eigenvalue weighted by molar-refractivity contribution is 0.403. The van der Waals surface area contributed by atoms with Crippen molar-refractivity contribution in [1.29, 1.82) is 0 Å². The van der Waals surface area contributed by atoms with Crippen LogP contribution >= 0.6 is 12.4 Å². The number of aryl methyl sites for hydroxylation is 1. The summed E-state index contributed by atoms with van der Waals surface area (Å²) in [6, 6.07) is 6.38. The van der Waals surface area contributed by atoms with Gasteiger partial charge in [-0.15, -0.1) is 12.4 Å². The van der Waals surface area contributed by atoms with E-state index in [4.69, 9.17) is 10.5 Å². The number of nitrogen functional groups attached to an aromatic ring is 1. The van der Waals surface area contributed by atoms with Crippen LogP contribution in [0.1, 0.15) is 29.5 Å². The highest BCUT2D eigenvalue weighted by Gasteiger charge is 2.27. The molecule has 1 atom stereocenters. The number of ether oxygens (including phenoxy) is 1. The van der Waals surface area contributed by atoms with Crippen LogP contribution in [0.25, 0.3) is 0 Å². The van der Waals surface area contributed by atoms with Crippen LogP contribution in [0, 0.1) is 12.7 Å². The molecule has 6 nitrogen and oxygen atoms in total. The van der Waals surface area contributed by atoms with Crippen LogP contribution in [-0.2, 0) is 9.84 Å². The van der Waals surface area contributed by atoms with Crippen molar-refractivity contribution >= 4 is 33.6 Å². The van der Waals surface area contributed by atoms with E-state index < -0.39 is 21.6 Å². The summed E-state index contributed by atoms with van der Waals surface area (Å²) in [5.41, 5.74) is 9.10. The predicted octanol–water partition coefficient (Wildman–Crippen LogP) is 3.11. The first kappa shape index (κ1) is 24.2. The van der Waals surface area contributed by atoms with E-state index in [1.807, 2.05) is 13.0 Å². The van der Waals surface area contributed by atoms with Gasteiger partial charge < -0.3 is 20.7 Å². The van der Waals surface area contributed by atoms with Crippen molar-refractivity contribution in [2.45, 2.75) is 24.7 Å². The number of nitrogens with one attached hydrogen (secondary N) is 1. The highest BCUT2D eigenvalue weighted by molar-refractivity contribution is 7.91. The van der Waals surface area contributed by atoms with Crippen LogP contribution in [0.5, 0.6) is 5.75 Å². The molecule has 1 heterocycles. The third-order valence-electron chi connectivity index (χ3n) is 5.39. The summed E-state index contributed by atoms with van der Waals surface area (Å²) in [5.74, 6) is -0.281. The van der Waals surface area contributed by atoms with Crippen molar-refractivity contribution in [1.82, 2.24) is 5.32 Å². The van der Waals surface area contributed by atoms with Crippen molar-refractivity contribution in [3.05, 3.63) is 46.8 Å². The zero-order chi connectivity index (χ0) is 21.3. The average Bonchev–Trinajstić information content (AvgIpc) is 2.66. The molecule has 0 saturated carbocycles. The van der Waals surface area contributed by atoms with E-state index in [1.165, 1.54) is 19.2 Å². The number of hydrogen-bond donors (Lipinski definition) is 2. The average molecular weight is 458 g/mol. The van der Waals surface area contributed by atoms with Gasteiger partial charge in [-0.05, 0) is 42.3 Å². The first-order valence-corrected chi connectivity index (χ1v) is 11.5. The van der Waals surface area contributed by atoms with E-state index >= 15 is 0 Å². The van der Waals surface area contributed by atoms with Gasteiger partial charge in [-0.2, -0.15) is 0 Å². The second-order valence-electron chi connectivity index (χ2n) is 7.53. The minimum Gasteiger partial charge on any atom is -0.496 e. The molecular formula is C21H29ClFN3O3S. The number of benzene rings is 2. The van der Waals surface area contributed by atoms with E-state index in [0.717, 1.165) is 38.1 Å². The molecule has 3 rings (SSSR count). The molecule has 3 N–H and O–H groups in total. The summed E-state index contributed by atoms with van der Waals surface area (Å²) >= 11 is 0. The molecule has 0 aromatic heterocycles. The predicted molar refractivity (Wildman–Crippen MR) is 122 cm³/mol. The summed E-state index contributed by atoms with van der Waals surface area (Å²) < 4.78 is 44.9. The van der Waals surface area contributed by atoms with Gasteiger partial charge in [0.1, 0.15) is 11.6 Å². The number of methoxy groups -OCH3 is 1. The minimum absolute atomic E-state index is 0. The lowest BCUT2D eigenvalue weighted by atomic mass is 9.90. The fourth-order valence-corrected chi connectivity index (χ4v) is 5.19. The van der Waals surface area contributed by atoms with Crippen LogP contribution in [0.3, 0.4) is 0 Å². The molecule has 166 valence electrons. The lowest BCUT2D eigenvalue weighted by Crippen LogP contribution is -2.43. The molecule has 2 aromatic carbocycles. The van der Waals surface area contributed by atoms with Gasteiger partial charge in [0.25, 0.3) is 0 Å². The summed E-state index contributed by atoms with van der Waals surface area (Å²) in [6.07, 6.45) is 1.15. The third-order valence-corrected chi connectivity index (χ3v) is 6.60. The number of sulfone groups is 1. The maximum Gasteiger partial charge on any atom is 0.177 e. The van der Waals surface area contributed by atoms with Gasteiger partial charge in [-0.3, -0.25) is 0 Å². The Morgan fingerprint density at radius 2 is 1.80 bits per heavy atom. The maximum absolute atomic E-state index is 14.2. The Kier molecular flexibility index (Phi) is 7.60. The number of piperazine rings is 1. The largest absolute Gasteiger partial charge is 0.496 e. The van der Waals surface area contributed by atoms with Crippen molar-refractivity contribution in [2.75, 3.05) is 50.2 Å². The van der Waals surface area contributed by atoms with Gasteiger partial charge in [-0.25, -0.2) is 12.8 Å². The molecule has 1 aliphatic rings. The SMILES string of the molecule is COc1c(C)cc(F)cc1C(C)c1cc(N2CCNCC2)cc(N)c1S(C)(=O)=O.Cl. The summed E-state index contributed by atoms with van der Waals surface area (Å²) in [4.78, 5) is 2.26. The Labute approximate surface area is 183 Å². The van der Waals surface area contributed by atoms with Gasteiger partial charge in [0.05, 0.1) is 17.7 Å². The van der Waals surface area contributed by atoms with Crippen LogP contribution in [-0.4, -0.2) is 48.0 Å². The molecule has 9 heteroatoms. The minimum atomic E-state index is -3.59. The van der Waals surface area contributed by atoms with Gasteiger partial charge >= 0.3 is 0 Å². The first-order valence-electron chi connectivity index (χ1n) is 9.56. The van der Waals surface area contributed by atoms with Gasteiger partial charge in [0.15, 0.2) is 9.84 Å². The van der Waals surface area contributed by atoms with Crippen molar-refractivity contribution in [3.63, 3.8) is 0 Å². The molecule has 0 radical (unpaired) electrons. The number of nitrogens with zero attached hydrogens (tertiary/aromatic N) is 1. The molecule has 1 unspecified atom stereocenters. The van der Waals surface area contributed by atoms with E-state index in [-0.39, 0.29) is 23.0 Å². The number of hydrogen-bond acceptors (Lipinski definition) is 6. The van der Waals surface area contributed by atoms with Gasteiger partial charge in [0.2, 0.25) is 0 Å². The highest BCUT2D eigenvalue weighted by Crippen LogP contribution is 2.40. The standard InChI is InChI=1S/C21H28FN3O3S.ClH/c1-13-9-15(22)10-17(20(13)28-3)14(2)18-11-16(25-7-5-24-6-8-25)12-19(23)21(18)29(4,26)27;/h9-12,14,24H,5-8,23H2,1-4H3;1H. The number of halogens is 2. The molecule has 1 fully saturated rings.